The van der Waals surface area contributed by atoms with E-state index in [2.05, 4.69) is 70.3 Å². The molecule has 0 saturated heterocycles. The Kier molecular flexibility index (Phi) is 4.06. The smallest absolute Gasteiger partial charge is 0.00471 e. The van der Waals surface area contributed by atoms with Crippen LogP contribution in [0.1, 0.15) is 53.0 Å². The van der Waals surface area contributed by atoms with E-state index in [1.54, 1.807) is 0 Å². The maximum atomic E-state index is 3.73. The van der Waals surface area contributed by atoms with Gasteiger partial charge in [0, 0.05) is 6.04 Å². The summed E-state index contributed by atoms with van der Waals surface area (Å²) < 4.78 is 0. The third-order valence-electron chi connectivity index (χ3n) is 4.80. The highest BCUT2D eigenvalue weighted by molar-refractivity contribution is 5.23. The van der Waals surface area contributed by atoms with Crippen molar-refractivity contribution in [2.24, 2.45) is 11.3 Å². The Morgan fingerprint density at radius 3 is 2.37 bits per heavy atom. The van der Waals surface area contributed by atoms with Gasteiger partial charge in [-0.2, -0.15) is 0 Å². The molecule has 1 fully saturated rings. The van der Waals surface area contributed by atoms with Crippen LogP contribution in [-0.2, 0) is 5.41 Å². The van der Waals surface area contributed by atoms with Crippen LogP contribution < -0.4 is 5.32 Å². The molecule has 1 aromatic carbocycles. The Hall–Kier alpha value is -0.820. The van der Waals surface area contributed by atoms with Crippen molar-refractivity contribution in [3.05, 3.63) is 35.9 Å². The second-order valence-corrected chi connectivity index (χ2v) is 7.65. The molecule has 1 saturated carbocycles. The topological polar surface area (TPSA) is 12.0 Å². The Morgan fingerprint density at radius 2 is 1.84 bits per heavy atom. The molecule has 106 valence electrons. The lowest BCUT2D eigenvalue weighted by Gasteiger charge is -2.29. The molecule has 0 heterocycles. The van der Waals surface area contributed by atoms with Crippen LogP contribution in [-0.4, -0.2) is 12.6 Å². The van der Waals surface area contributed by atoms with E-state index < -0.39 is 0 Å². The van der Waals surface area contributed by atoms with Crippen molar-refractivity contribution in [3.8, 4) is 0 Å². The van der Waals surface area contributed by atoms with Crippen LogP contribution in [0.2, 0.25) is 0 Å². The lowest BCUT2D eigenvalue weighted by molar-refractivity contribution is 0.377. The predicted octanol–water partition coefficient (Wildman–Crippen LogP) is 4.38. The first-order chi connectivity index (χ1) is 8.81. The minimum atomic E-state index is 0.243. The molecule has 0 spiro atoms. The van der Waals surface area contributed by atoms with E-state index in [1.165, 1.54) is 24.9 Å². The lowest BCUT2D eigenvalue weighted by Crippen LogP contribution is -2.34. The molecular weight excluding hydrogens is 230 g/mol. The first-order valence-corrected chi connectivity index (χ1v) is 7.60. The van der Waals surface area contributed by atoms with Gasteiger partial charge in [0.15, 0.2) is 0 Å². The third-order valence-corrected chi connectivity index (χ3v) is 4.80. The van der Waals surface area contributed by atoms with Crippen molar-refractivity contribution >= 4 is 0 Å². The van der Waals surface area contributed by atoms with Gasteiger partial charge in [-0.1, -0.05) is 58.0 Å². The molecule has 0 bridgehead atoms. The fraction of sp³-hybridized carbons (Fsp3) is 0.667. The molecule has 1 aromatic rings. The Morgan fingerprint density at radius 1 is 1.26 bits per heavy atom. The van der Waals surface area contributed by atoms with Crippen LogP contribution in [0.3, 0.4) is 0 Å². The SMILES string of the molecule is CC(CC(C)(C)c1ccccc1)NCC1CC1(C)C. The highest BCUT2D eigenvalue weighted by Crippen LogP contribution is 2.51. The van der Waals surface area contributed by atoms with E-state index >= 15 is 0 Å². The fourth-order valence-corrected chi connectivity index (χ4v) is 3.11. The van der Waals surface area contributed by atoms with Crippen molar-refractivity contribution in [1.82, 2.24) is 5.32 Å². The van der Waals surface area contributed by atoms with Crippen LogP contribution in [0.5, 0.6) is 0 Å². The van der Waals surface area contributed by atoms with Crippen molar-refractivity contribution in [1.29, 1.82) is 0 Å². The summed E-state index contributed by atoms with van der Waals surface area (Å²) >= 11 is 0. The molecule has 2 unspecified atom stereocenters. The second kappa shape index (κ2) is 5.28. The summed E-state index contributed by atoms with van der Waals surface area (Å²) in [5.74, 6) is 0.884. The summed E-state index contributed by atoms with van der Waals surface area (Å²) in [5, 5.41) is 3.73. The first-order valence-electron chi connectivity index (χ1n) is 7.60. The van der Waals surface area contributed by atoms with Gasteiger partial charge < -0.3 is 5.32 Å². The quantitative estimate of drug-likeness (QED) is 0.799. The minimum absolute atomic E-state index is 0.243. The molecule has 1 N–H and O–H groups in total. The highest BCUT2D eigenvalue weighted by Gasteiger charge is 2.45. The van der Waals surface area contributed by atoms with E-state index in [0.29, 0.717) is 11.5 Å². The largest absolute Gasteiger partial charge is 0.314 e. The molecule has 1 aliphatic rings. The summed E-state index contributed by atoms with van der Waals surface area (Å²) in [7, 11) is 0. The van der Waals surface area contributed by atoms with Crippen LogP contribution in [0, 0.1) is 11.3 Å². The van der Waals surface area contributed by atoms with Crippen molar-refractivity contribution in [3.63, 3.8) is 0 Å². The minimum Gasteiger partial charge on any atom is -0.314 e. The zero-order valence-corrected chi connectivity index (χ0v) is 13.2. The standard InChI is InChI=1S/C18H29N/c1-14(19-13-16-12-18(16,4)5)11-17(2,3)15-9-7-6-8-10-15/h6-10,14,16,19H,11-13H2,1-5H3. The lowest BCUT2D eigenvalue weighted by atomic mass is 9.79. The van der Waals surface area contributed by atoms with Gasteiger partial charge in [0.2, 0.25) is 0 Å². The zero-order chi connectivity index (χ0) is 14.1. The summed E-state index contributed by atoms with van der Waals surface area (Å²) in [4.78, 5) is 0. The molecule has 1 aliphatic carbocycles. The van der Waals surface area contributed by atoms with Gasteiger partial charge >= 0.3 is 0 Å². The van der Waals surface area contributed by atoms with Gasteiger partial charge in [0.1, 0.15) is 0 Å². The number of hydrogen-bond acceptors (Lipinski definition) is 1. The van der Waals surface area contributed by atoms with E-state index in [1.807, 2.05) is 0 Å². The number of benzene rings is 1. The van der Waals surface area contributed by atoms with Crippen molar-refractivity contribution < 1.29 is 0 Å². The van der Waals surface area contributed by atoms with E-state index in [0.717, 1.165) is 5.92 Å². The second-order valence-electron chi connectivity index (χ2n) is 7.65. The van der Waals surface area contributed by atoms with Crippen molar-refractivity contribution in [2.75, 3.05) is 6.54 Å². The summed E-state index contributed by atoms with van der Waals surface area (Å²) in [6, 6.07) is 11.4. The number of hydrogen-bond donors (Lipinski definition) is 1. The summed E-state index contributed by atoms with van der Waals surface area (Å²) in [5.41, 5.74) is 2.27. The van der Waals surface area contributed by atoms with Gasteiger partial charge in [-0.25, -0.2) is 0 Å². The maximum Gasteiger partial charge on any atom is 0.00471 e. The molecule has 2 rings (SSSR count). The zero-order valence-electron chi connectivity index (χ0n) is 13.2. The van der Waals surface area contributed by atoms with Gasteiger partial charge in [-0.05, 0) is 48.6 Å². The van der Waals surface area contributed by atoms with Crippen molar-refractivity contribution in [2.45, 2.75) is 58.9 Å². The number of rotatable bonds is 6. The average Bonchev–Trinajstić information content (AvgIpc) is 2.95. The van der Waals surface area contributed by atoms with Crippen LogP contribution in [0.25, 0.3) is 0 Å². The van der Waals surface area contributed by atoms with Crippen LogP contribution >= 0.6 is 0 Å². The predicted molar refractivity (Wildman–Crippen MR) is 83.4 cm³/mol. The fourth-order valence-electron chi connectivity index (χ4n) is 3.11. The van der Waals surface area contributed by atoms with Gasteiger partial charge in [-0.15, -0.1) is 0 Å². The van der Waals surface area contributed by atoms with Gasteiger partial charge in [0.05, 0.1) is 0 Å². The third kappa shape index (κ3) is 3.82. The van der Waals surface area contributed by atoms with E-state index in [-0.39, 0.29) is 5.41 Å². The highest BCUT2D eigenvalue weighted by atomic mass is 14.9. The van der Waals surface area contributed by atoms with Gasteiger partial charge in [0.25, 0.3) is 0 Å². The summed E-state index contributed by atoms with van der Waals surface area (Å²) in [6.45, 7) is 12.9. The molecule has 2 atom stereocenters. The molecule has 0 aromatic heterocycles. The first kappa shape index (κ1) is 14.6. The molecule has 0 aliphatic heterocycles. The Labute approximate surface area is 118 Å². The van der Waals surface area contributed by atoms with Crippen LogP contribution in [0.4, 0.5) is 0 Å². The summed E-state index contributed by atoms with van der Waals surface area (Å²) in [6.07, 6.45) is 2.57. The average molecular weight is 259 g/mol. The van der Waals surface area contributed by atoms with Crippen LogP contribution in [0.15, 0.2) is 30.3 Å². The Bertz CT molecular complexity index is 405. The number of nitrogens with one attached hydrogen (secondary N) is 1. The molecule has 0 radical (unpaired) electrons. The normalized spacial score (nSPS) is 23.1. The maximum absolute atomic E-state index is 3.73. The monoisotopic (exact) mass is 259 g/mol. The molecule has 19 heavy (non-hydrogen) atoms. The molecule has 0 amide bonds. The molecular formula is C18H29N. The molecule has 1 nitrogen and oxygen atoms in total. The van der Waals surface area contributed by atoms with Gasteiger partial charge in [-0.3, -0.25) is 0 Å². The van der Waals surface area contributed by atoms with E-state index in [4.69, 9.17) is 0 Å². The molecule has 1 heteroatoms. The Balaban J connectivity index is 1.83. The van der Waals surface area contributed by atoms with E-state index in [9.17, 15) is 0 Å².